The smallest absolute Gasteiger partial charge is 0.253 e. The van der Waals surface area contributed by atoms with Gasteiger partial charge in [0.25, 0.3) is 5.91 Å². The molecule has 4 rings (SSSR count). The molecule has 0 bridgehead atoms. The zero-order valence-corrected chi connectivity index (χ0v) is 15.2. The Labute approximate surface area is 158 Å². The first-order chi connectivity index (χ1) is 13.0. The molecule has 8 nitrogen and oxygen atoms in total. The molecule has 1 aliphatic heterocycles. The van der Waals surface area contributed by atoms with Crippen molar-refractivity contribution in [1.82, 2.24) is 30.0 Å². The van der Waals surface area contributed by atoms with Crippen LogP contribution in [-0.2, 0) is 0 Å². The number of benzene rings is 1. The van der Waals surface area contributed by atoms with Crippen molar-refractivity contribution < 1.29 is 13.7 Å². The van der Waals surface area contributed by atoms with Gasteiger partial charge in [-0.15, -0.1) is 5.10 Å². The minimum absolute atomic E-state index is 0.0205. The Kier molecular flexibility index (Phi) is 4.61. The van der Waals surface area contributed by atoms with Gasteiger partial charge in [-0.3, -0.25) is 4.79 Å². The highest BCUT2D eigenvalue weighted by Gasteiger charge is 2.27. The summed E-state index contributed by atoms with van der Waals surface area (Å²) in [4.78, 5) is 18.6. The van der Waals surface area contributed by atoms with E-state index < -0.39 is 5.82 Å². The van der Waals surface area contributed by atoms with Gasteiger partial charge in [0, 0.05) is 25.6 Å². The first kappa shape index (κ1) is 17.6. The number of hydrogen-bond donors (Lipinski definition) is 0. The van der Waals surface area contributed by atoms with E-state index in [0.29, 0.717) is 36.1 Å². The topological polar surface area (TPSA) is 89.9 Å². The van der Waals surface area contributed by atoms with Crippen LogP contribution in [0.1, 0.15) is 35.1 Å². The quantitative estimate of drug-likeness (QED) is 0.683. The van der Waals surface area contributed by atoms with Crippen LogP contribution in [0, 0.1) is 12.7 Å². The molecule has 1 aromatic carbocycles. The standard InChI is InChI=1S/C17H16ClFN6O2/c1-10-20-16(22-27-10)15-9-25(23-21-15)12-3-2-6-24(8-12)17(26)11-4-5-14(19)13(18)7-11/h4-5,7,9,12H,2-3,6,8H2,1H3/t12-/m1/s1. The Morgan fingerprint density at radius 2 is 2.26 bits per heavy atom. The molecular formula is C17H16ClFN6O2. The lowest BCUT2D eigenvalue weighted by atomic mass is 10.0. The number of amides is 1. The minimum Gasteiger partial charge on any atom is -0.339 e. The van der Waals surface area contributed by atoms with Gasteiger partial charge in [-0.25, -0.2) is 9.07 Å². The van der Waals surface area contributed by atoms with Crippen LogP contribution in [-0.4, -0.2) is 49.0 Å². The number of hydrogen-bond acceptors (Lipinski definition) is 6. The van der Waals surface area contributed by atoms with Gasteiger partial charge < -0.3 is 9.42 Å². The largest absolute Gasteiger partial charge is 0.339 e. The number of nitrogens with zero attached hydrogens (tertiary/aromatic N) is 6. The number of carbonyl (C=O) groups is 1. The van der Waals surface area contributed by atoms with E-state index in [0.717, 1.165) is 12.8 Å². The summed E-state index contributed by atoms with van der Waals surface area (Å²) >= 11 is 5.80. The van der Waals surface area contributed by atoms with Gasteiger partial charge >= 0.3 is 0 Å². The maximum absolute atomic E-state index is 13.3. The van der Waals surface area contributed by atoms with Crippen LogP contribution in [0.25, 0.3) is 11.5 Å². The van der Waals surface area contributed by atoms with Crippen molar-refractivity contribution in [3.63, 3.8) is 0 Å². The normalized spacial score (nSPS) is 17.3. The molecule has 1 saturated heterocycles. The van der Waals surface area contributed by atoms with Crippen LogP contribution in [0.4, 0.5) is 4.39 Å². The van der Waals surface area contributed by atoms with Crippen molar-refractivity contribution >= 4 is 17.5 Å². The summed E-state index contributed by atoms with van der Waals surface area (Å²) in [6, 6.07) is 3.98. The lowest BCUT2D eigenvalue weighted by molar-refractivity contribution is 0.0672. The molecule has 27 heavy (non-hydrogen) atoms. The van der Waals surface area contributed by atoms with Crippen molar-refractivity contribution in [2.75, 3.05) is 13.1 Å². The second-order valence-corrected chi connectivity index (χ2v) is 6.80. The molecule has 1 aliphatic rings. The molecule has 2 aromatic heterocycles. The Morgan fingerprint density at radius 1 is 1.41 bits per heavy atom. The van der Waals surface area contributed by atoms with Gasteiger partial charge in [0.05, 0.1) is 17.3 Å². The molecule has 0 unspecified atom stereocenters. The van der Waals surface area contributed by atoms with Crippen molar-refractivity contribution in [2.45, 2.75) is 25.8 Å². The number of piperidine rings is 1. The van der Waals surface area contributed by atoms with Crippen LogP contribution in [0.15, 0.2) is 28.9 Å². The van der Waals surface area contributed by atoms with Gasteiger partial charge in [-0.05, 0) is 31.0 Å². The van der Waals surface area contributed by atoms with E-state index in [2.05, 4.69) is 20.5 Å². The van der Waals surface area contributed by atoms with Gasteiger partial charge in [0.2, 0.25) is 11.7 Å². The molecule has 0 spiro atoms. The predicted molar refractivity (Wildman–Crippen MR) is 93.6 cm³/mol. The van der Waals surface area contributed by atoms with E-state index in [1.807, 2.05) is 0 Å². The van der Waals surface area contributed by atoms with E-state index in [1.54, 1.807) is 22.7 Å². The fraction of sp³-hybridized carbons (Fsp3) is 0.353. The fourth-order valence-corrected chi connectivity index (χ4v) is 3.31. The summed E-state index contributed by atoms with van der Waals surface area (Å²) in [6.07, 6.45) is 3.43. The molecule has 0 radical (unpaired) electrons. The molecular weight excluding hydrogens is 375 g/mol. The number of halogens is 2. The summed E-state index contributed by atoms with van der Waals surface area (Å²) in [6.45, 7) is 2.80. The average molecular weight is 391 g/mol. The molecule has 140 valence electrons. The van der Waals surface area contributed by atoms with Gasteiger partial charge in [0.15, 0.2) is 5.69 Å². The predicted octanol–water partition coefficient (Wildman–Crippen LogP) is 2.91. The molecule has 1 amide bonds. The second kappa shape index (κ2) is 7.07. The second-order valence-electron chi connectivity index (χ2n) is 6.40. The number of carbonyl (C=O) groups excluding carboxylic acids is 1. The minimum atomic E-state index is -0.545. The zero-order valence-electron chi connectivity index (χ0n) is 14.5. The number of aromatic nitrogens is 5. The molecule has 0 saturated carbocycles. The molecule has 3 aromatic rings. The Morgan fingerprint density at radius 3 is 3.00 bits per heavy atom. The third-order valence-corrected chi connectivity index (χ3v) is 4.78. The maximum atomic E-state index is 13.3. The summed E-state index contributed by atoms with van der Waals surface area (Å²) in [5, 5.41) is 12.0. The van der Waals surface area contributed by atoms with Crippen molar-refractivity contribution in [3.8, 4) is 11.5 Å². The monoisotopic (exact) mass is 390 g/mol. The number of aryl methyl sites for hydroxylation is 1. The van der Waals surface area contributed by atoms with E-state index in [1.165, 1.54) is 18.2 Å². The molecule has 0 N–H and O–H groups in total. The Bertz CT molecular complexity index is 987. The maximum Gasteiger partial charge on any atom is 0.253 e. The van der Waals surface area contributed by atoms with Crippen LogP contribution in [0.2, 0.25) is 5.02 Å². The van der Waals surface area contributed by atoms with Crippen molar-refractivity contribution in [2.24, 2.45) is 0 Å². The van der Waals surface area contributed by atoms with E-state index >= 15 is 0 Å². The number of likely N-dealkylation sites (tertiary alicyclic amines) is 1. The fourth-order valence-electron chi connectivity index (χ4n) is 3.13. The highest BCUT2D eigenvalue weighted by molar-refractivity contribution is 6.31. The molecule has 0 aliphatic carbocycles. The van der Waals surface area contributed by atoms with Gasteiger partial charge in [-0.1, -0.05) is 22.0 Å². The highest BCUT2D eigenvalue weighted by atomic mass is 35.5. The summed E-state index contributed by atoms with van der Waals surface area (Å²) in [5.41, 5.74) is 0.879. The lowest BCUT2D eigenvalue weighted by Crippen LogP contribution is -2.40. The van der Waals surface area contributed by atoms with Gasteiger partial charge in [-0.2, -0.15) is 4.98 Å². The van der Waals surface area contributed by atoms with E-state index in [4.69, 9.17) is 16.1 Å². The third kappa shape index (κ3) is 3.55. The van der Waals surface area contributed by atoms with Crippen LogP contribution in [0.3, 0.4) is 0 Å². The molecule has 1 atom stereocenters. The van der Waals surface area contributed by atoms with Crippen LogP contribution in [0.5, 0.6) is 0 Å². The first-order valence-electron chi connectivity index (χ1n) is 8.48. The Hall–Kier alpha value is -2.81. The summed E-state index contributed by atoms with van der Waals surface area (Å²) in [7, 11) is 0. The molecule has 10 heteroatoms. The first-order valence-corrected chi connectivity index (χ1v) is 8.86. The van der Waals surface area contributed by atoms with Crippen LogP contribution >= 0.6 is 11.6 Å². The third-order valence-electron chi connectivity index (χ3n) is 4.49. The SMILES string of the molecule is Cc1nc(-c2cn([C@@H]3CCCN(C(=O)c4ccc(F)c(Cl)c4)C3)nn2)no1. The van der Waals surface area contributed by atoms with Crippen molar-refractivity contribution in [3.05, 3.63) is 46.7 Å². The van der Waals surface area contributed by atoms with E-state index in [9.17, 15) is 9.18 Å². The molecule has 3 heterocycles. The molecule has 1 fully saturated rings. The van der Waals surface area contributed by atoms with Crippen LogP contribution < -0.4 is 0 Å². The Balaban J connectivity index is 1.50. The van der Waals surface area contributed by atoms with Gasteiger partial charge in [0.1, 0.15) is 5.82 Å². The highest BCUT2D eigenvalue weighted by Crippen LogP contribution is 2.25. The summed E-state index contributed by atoms with van der Waals surface area (Å²) in [5.74, 6) is 0.0997. The van der Waals surface area contributed by atoms with E-state index in [-0.39, 0.29) is 17.0 Å². The number of rotatable bonds is 3. The summed E-state index contributed by atoms with van der Waals surface area (Å²) < 4.78 is 20.0. The zero-order chi connectivity index (χ0) is 19.0. The average Bonchev–Trinajstić information content (AvgIpc) is 3.32. The lowest BCUT2D eigenvalue weighted by Gasteiger charge is -2.32. The van der Waals surface area contributed by atoms with Crippen molar-refractivity contribution in [1.29, 1.82) is 0 Å².